The van der Waals surface area contributed by atoms with Crippen LogP contribution in [0.5, 0.6) is 0 Å². The van der Waals surface area contributed by atoms with Crippen molar-refractivity contribution in [1.82, 2.24) is 10.2 Å². The molecule has 6 nitrogen and oxygen atoms in total. The fourth-order valence-corrected chi connectivity index (χ4v) is 2.49. The molecule has 1 N–H and O–H groups in total. The summed E-state index contributed by atoms with van der Waals surface area (Å²) in [7, 11) is 1.36. The zero-order valence-corrected chi connectivity index (χ0v) is 11.9. The Bertz CT molecular complexity index is 321. The lowest BCUT2D eigenvalue weighted by Crippen LogP contribution is -2.55. The molecule has 0 bridgehead atoms. The van der Waals surface area contributed by atoms with Crippen LogP contribution in [-0.4, -0.2) is 62.3 Å². The van der Waals surface area contributed by atoms with E-state index in [0.717, 1.165) is 19.4 Å². The zero-order chi connectivity index (χ0) is 13.0. The highest BCUT2D eigenvalue weighted by atomic mass is 35.5. The molecule has 2 rings (SSSR count). The molecule has 2 fully saturated rings. The first-order valence-corrected chi connectivity index (χ1v) is 6.44. The number of carbonyl (C=O) groups excluding carboxylic acids is 2. The Hall–Kier alpha value is -0.850. The lowest BCUT2D eigenvalue weighted by Gasteiger charge is -2.36. The molecule has 0 spiro atoms. The van der Waals surface area contributed by atoms with Crippen LogP contribution >= 0.6 is 12.4 Å². The molecule has 2 aliphatic rings. The van der Waals surface area contributed by atoms with Gasteiger partial charge in [-0.15, -0.1) is 12.4 Å². The van der Waals surface area contributed by atoms with E-state index in [1.54, 1.807) is 4.90 Å². The average Bonchev–Trinajstić information content (AvgIpc) is 2.46. The molecule has 0 aliphatic carbocycles. The van der Waals surface area contributed by atoms with Crippen LogP contribution < -0.4 is 5.32 Å². The van der Waals surface area contributed by atoms with Gasteiger partial charge in [-0.05, 0) is 19.3 Å². The van der Waals surface area contributed by atoms with Crippen molar-refractivity contribution in [3.8, 4) is 0 Å². The molecule has 2 saturated heterocycles. The van der Waals surface area contributed by atoms with Gasteiger partial charge in [-0.3, -0.25) is 4.79 Å². The van der Waals surface area contributed by atoms with Gasteiger partial charge in [0.05, 0.1) is 13.7 Å². The van der Waals surface area contributed by atoms with Gasteiger partial charge in [-0.2, -0.15) is 0 Å². The maximum absolute atomic E-state index is 12.3. The van der Waals surface area contributed by atoms with E-state index in [9.17, 15) is 9.59 Å². The van der Waals surface area contributed by atoms with Crippen molar-refractivity contribution in [2.75, 3.05) is 33.4 Å². The van der Waals surface area contributed by atoms with Crippen molar-refractivity contribution in [1.29, 1.82) is 0 Å². The number of carbonyl (C=O) groups is 2. The van der Waals surface area contributed by atoms with E-state index >= 15 is 0 Å². The number of hydrogen-bond donors (Lipinski definition) is 1. The molecule has 2 heterocycles. The molecular weight excluding hydrogens is 272 g/mol. The van der Waals surface area contributed by atoms with Crippen LogP contribution in [0.3, 0.4) is 0 Å². The number of hydrogen-bond acceptors (Lipinski definition) is 5. The zero-order valence-electron chi connectivity index (χ0n) is 11.1. The Kier molecular flexibility index (Phi) is 6.54. The SMILES string of the molecule is COC(=O)C1CCCCN1C(=O)C1CNCCO1.Cl. The molecule has 2 atom stereocenters. The average molecular weight is 293 g/mol. The third-order valence-corrected chi connectivity index (χ3v) is 3.46. The van der Waals surface area contributed by atoms with Gasteiger partial charge in [0, 0.05) is 19.6 Å². The number of esters is 1. The monoisotopic (exact) mass is 292 g/mol. The quantitative estimate of drug-likeness (QED) is 0.723. The number of piperidine rings is 1. The van der Waals surface area contributed by atoms with Crippen molar-refractivity contribution in [2.45, 2.75) is 31.4 Å². The Morgan fingerprint density at radius 3 is 2.79 bits per heavy atom. The number of ether oxygens (including phenoxy) is 2. The summed E-state index contributed by atoms with van der Waals surface area (Å²) in [5.41, 5.74) is 0. The van der Waals surface area contributed by atoms with Crippen molar-refractivity contribution < 1.29 is 19.1 Å². The number of likely N-dealkylation sites (tertiary alicyclic amines) is 1. The standard InChI is InChI=1S/C12H20N2O4.ClH/c1-17-12(16)9-4-2-3-6-14(9)11(15)10-8-13-5-7-18-10;/h9-10,13H,2-8H2,1H3;1H. The summed E-state index contributed by atoms with van der Waals surface area (Å²) in [6, 6.07) is -0.443. The van der Waals surface area contributed by atoms with Crippen LogP contribution in [0.4, 0.5) is 0 Å². The lowest BCUT2D eigenvalue weighted by molar-refractivity contribution is -0.160. The first-order chi connectivity index (χ1) is 8.74. The first-order valence-electron chi connectivity index (χ1n) is 6.44. The molecule has 0 aromatic carbocycles. The van der Waals surface area contributed by atoms with Crippen LogP contribution in [0, 0.1) is 0 Å². The summed E-state index contributed by atoms with van der Waals surface area (Å²) in [6.45, 7) is 2.43. The van der Waals surface area contributed by atoms with Crippen LogP contribution in [0.1, 0.15) is 19.3 Å². The van der Waals surface area contributed by atoms with Gasteiger partial charge in [-0.1, -0.05) is 0 Å². The van der Waals surface area contributed by atoms with Crippen LogP contribution in [0.15, 0.2) is 0 Å². The van der Waals surface area contributed by atoms with E-state index in [1.165, 1.54) is 7.11 Å². The number of nitrogens with one attached hydrogen (secondary N) is 1. The van der Waals surface area contributed by atoms with Gasteiger partial charge in [0.25, 0.3) is 5.91 Å². The van der Waals surface area contributed by atoms with Gasteiger partial charge in [-0.25, -0.2) is 4.79 Å². The number of rotatable bonds is 2. The predicted octanol–water partition coefficient (Wildman–Crippen LogP) is -0.0493. The lowest BCUT2D eigenvalue weighted by atomic mass is 10.0. The molecule has 2 unspecified atom stereocenters. The second-order valence-electron chi connectivity index (χ2n) is 4.63. The molecule has 2 aliphatic heterocycles. The third-order valence-electron chi connectivity index (χ3n) is 3.46. The second kappa shape index (κ2) is 7.67. The van der Waals surface area contributed by atoms with Gasteiger partial charge in [0.2, 0.25) is 0 Å². The van der Waals surface area contributed by atoms with Crippen LogP contribution in [0.2, 0.25) is 0 Å². The molecule has 0 saturated carbocycles. The molecule has 110 valence electrons. The maximum Gasteiger partial charge on any atom is 0.328 e. The van der Waals surface area contributed by atoms with E-state index in [-0.39, 0.29) is 24.3 Å². The summed E-state index contributed by atoms with van der Waals surface area (Å²) < 4.78 is 10.2. The van der Waals surface area contributed by atoms with Crippen molar-refractivity contribution in [3.05, 3.63) is 0 Å². The Balaban J connectivity index is 0.00000180. The minimum atomic E-state index is -0.469. The van der Waals surface area contributed by atoms with Gasteiger partial charge in [0.15, 0.2) is 0 Å². The highest BCUT2D eigenvalue weighted by Gasteiger charge is 2.36. The topological polar surface area (TPSA) is 67.9 Å². The second-order valence-corrected chi connectivity index (χ2v) is 4.63. The fourth-order valence-electron chi connectivity index (χ4n) is 2.49. The molecule has 0 radical (unpaired) electrons. The summed E-state index contributed by atoms with van der Waals surface area (Å²) >= 11 is 0. The number of morpholine rings is 1. The molecule has 0 aromatic rings. The van der Waals surface area contributed by atoms with E-state index in [0.29, 0.717) is 26.1 Å². The Morgan fingerprint density at radius 2 is 2.16 bits per heavy atom. The molecular formula is C12H21ClN2O4. The molecule has 0 aromatic heterocycles. The summed E-state index contributed by atoms with van der Waals surface area (Å²) in [5, 5.41) is 3.12. The Labute approximate surface area is 119 Å². The number of amides is 1. The number of nitrogens with zero attached hydrogens (tertiary/aromatic N) is 1. The molecule has 19 heavy (non-hydrogen) atoms. The first kappa shape index (κ1) is 16.2. The normalized spacial score (nSPS) is 27.3. The van der Waals surface area contributed by atoms with E-state index in [2.05, 4.69) is 5.32 Å². The van der Waals surface area contributed by atoms with Crippen molar-refractivity contribution >= 4 is 24.3 Å². The van der Waals surface area contributed by atoms with Crippen molar-refractivity contribution in [3.63, 3.8) is 0 Å². The van der Waals surface area contributed by atoms with Crippen LogP contribution in [-0.2, 0) is 19.1 Å². The van der Waals surface area contributed by atoms with E-state index in [4.69, 9.17) is 9.47 Å². The Morgan fingerprint density at radius 1 is 1.37 bits per heavy atom. The third kappa shape index (κ3) is 3.81. The summed E-state index contributed by atoms with van der Waals surface area (Å²) in [4.78, 5) is 25.6. The van der Waals surface area contributed by atoms with Gasteiger partial charge in [0.1, 0.15) is 12.1 Å². The predicted molar refractivity (Wildman–Crippen MR) is 71.2 cm³/mol. The number of halogens is 1. The van der Waals surface area contributed by atoms with Crippen molar-refractivity contribution in [2.24, 2.45) is 0 Å². The largest absolute Gasteiger partial charge is 0.467 e. The van der Waals surface area contributed by atoms with Gasteiger partial charge >= 0.3 is 5.97 Å². The highest BCUT2D eigenvalue weighted by molar-refractivity contribution is 5.87. The summed E-state index contributed by atoms with van der Waals surface area (Å²) in [6.07, 6.45) is 2.09. The minimum absolute atomic E-state index is 0. The van der Waals surface area contributed by atoms with E-state index < -0.39 is 12.1 Å². The van der Waals surface area contributed by atoms with E-state index in [1.807, 2.05) is 0 Å². The fraction of sp³-hybridized carbons (Fsp3) is 0.833. The van der Waals surface area contributed by atoms with Crippen LogP contribution in [0.25, 0.3) is 0 Å². The minimum Gasteiger partial charge on any atom is -0.467 e. The highest BCUT2D eigenvalue weighted by Crippen LogP contribution is 2.20. The number of methoxy groups -OCH3 is 1. The molecule has 1 amide bonds. The maximum atomic E-state index is 12.3. The van der Waals surface area contributed by atoms with Gasteiger partial charge < -0.3 is 19.7 Å². The summed E-state index contributed by atoms with van der Waals surface area (Å²) in [5.74, 6) is -0.427. The molecule has 7 heteroatoms. The smallest absolute Gasteiger partial charge is 0.328 e.